The lowest BCUT2D eigenvalue weighted by molar-refractivity contribution is -0.118. The Morgan fingerprint density at radius 1 is 0.896 bits per heavy atom. The molecule has 0 unspecified atom stereocenters. The molecule has 0 fully saturated rings. The number of pyridine rings is 1. The average molecular weight is 694 g/mol. The fourth-order valence-corrected chi connectivity index (χ4v) is 6.58. The first-order chi connectivity index (χ1) is 22.4. The van der Waals surface area contributed by atoms with Crippen LogP contribution in [0.2, 0.25) is 0 Å². The van der Waals surface area contributed by atoms with Crippen molar-refractivity contribution in [3.05, 3.63) is 123 Å². The molecule has 2 aromatic heterocycles. The van der Waals surface area contributed by atoms with Gasteiger partial charge in [0.2, 0.25) is 11.3 Å². The van der Waals surface area contributed by atoms with Crippen LogP contribution < -0.4 is 10.7 Å². The summed E-state index contributed by atoms with van der Waals surface area (Å²) in [5.74, 6) is -2.58. The van der Waals surface area contributed by atoms with Crippen LogP contribution in [0.3, 0.4) is 0 Å². The molecule has 0 saturated carbocycles. The van der Waals surface area contributed by atoms with Gasteiger partial charge in [0.1, 0.15) is 22.0 Å². The number of fused-ring (bicyclic) bond motifs is 1. The number of anilines is 1. The van der Waals surface area contributed by atoms with Gasteiger partial charge in [-0.2, -0.15) is 0 Å². The van der Waals surface area contributed by atoms with Gasteiger partial charge >= 0.3 is 5.97 Å². The number of aromatic nitrogens is 1. The summed E-state index contributed by atoms with van der Waals surface area (Å²) in [5.41, 5.74) is 2.25. The van der Waals surface area contributed by atoms with Crippen molar-refractivity contribution in [2.45, 2.75) is 53.4 Å². The molecule has 7 nitrogen and oxygen atoms in total. The van der Waals surface area contributed by atoms with Crippen LogP contribution in [0.15, 0.2) is 83.8 Å². The van der Waals surface area contributed by atoms with Crippen LogP contribution in [0.25, 0.3) is 20.7 Å². The lowest BCUT2D eigenvalue weighted by Gasteiger charge is -2.18. The van der Waals surface area contributed by atoms with Crippen LogP contribution in [-0.2, 0) is 29.2 Å². The molecular weight excluding hydrogens is 656 g/mol. The maximum Gasteiger partial charge on any atom is 0.343 e. The Labute approximate surface area is 288 Å². The zero-order valence-corrected chi connectivity index (χ0v) is 29.0. The first-order valence-corrected chi connectivity index (χ1v) is 16.2. The molecule has 2 heterocycles. The van der Waals surface area contributed by atoms with Crippen molar-refractivity contribution in [1.29, 1.82) is 0 Å². The van der Waals surface area contributed by atoms with Gasteiger partial charge in [0.25, 0.3) is 0 Å². The van der Waals surface area contributed by atoms with E-state index in [1.54, 1.807) is 30.5 Å². The summed E-state index contributed by atoms with van der Waals surface area (Å²) in [6.07, 6.45) is 0.850. The molecule has 0 spiro atoms. The fraction of sp³-hybridized carbons (Fsp3) is 0.270. The summed E-state index contributed by atoms with van der Waals surface area (Å²) in [4.78, 5) is 43.1. The van der Waals surface area contributed by atoms with E-state index in [2.05, 4.69) is 10.2 Å². The third-order valence-corrected chi connectivity index (χ3v) is 8.94. The van der Waals surface area contributed by atoms with E-state index < -0.39 is 29.1 Å². The predicted octanol–water partition coefficient (Wildman–Crippen LogP) is 8.27. The van der Waals surface area contributed by atoms with Gasteiger partial charge in [-0.15, -0.1) is 23.7 Å². The molecule has 0 saturated heterocycles. The Morgan fingerprint density at radius 3 is 2.15 bits per heavy atom. The van der Waals surface area contributed by atoms with E-state index in [0.29, 0.717) is 29.2 Å². The van der Waals surface area contributed by atoms with Gasteiger partial charge in [0, 0.05) is 41.3 Å². The van der Waals surface area contributed by atoms with Crippen LogP contribution in [-0.4, -0.2) is 34.5 Å². The van der Waals surface area contributed by atoms with Crippen molar-refractivity contribution in [3.63, 3.8) is 0 Å². The number of carbonyl (C=O) groups is 2. The molecular formula is C37H38ClF2N3O4S. The molecule has 1 N–H and O–H groups in total. The number of nitrogens with one attached hydrogen (secondary N) is 1. The molecule has 5 rings (SSSR count). The molecule has 0 aliphatic rings. The minimum Gasteiger partial charge on any atom is -0.459 e. The summed E-state index contributed by atoms with van der Waals surface area (Å²) in [6, 6.07) is 20.9. The van der Waals surface area contributed by atoms with Crippen LogP contribution in [0.4, 0.5) is 14.5 Å². The molecule has 0 aliphatic carbocycles. The molecule has 0 atom stereocenters. The van der Waals surface area contributed by atoms with Crippen molar-refractivity contribution in [3.8, 4) is 10.4 Å². The second-order valence-electron chi connectivity index (χ2n) is 12.1. The number of hydrogen-bond acceptors (Lipinski definition) is 6. The third-order valence-electron chi connectivity index (χ3n) is 7.62. The highest BCUT2D eigenvalue weighted by Gasteiger charge is 2.26. The van der Waals surface area contributed by atoms with Crippen molar-refractivity contribution < 1.29 is 23.1 Å². The smallest absolute Gasteiger partial charge is 0.343 e. The van der Waals surface area contributed by atoms with Gasteiger partial charge in [-0.05, 0) is 61.9 Å². The Bertz CT molecular complexity index is 1960. The highest BCUT2D eigenvalue weighted by Crippen LogP contribution is 2.39. The monoisotopic (exact) mass is 693 g/mol. The summed E-state index contributed by atoms with van der Waals surface area (Å²) in [7, 11) is 1.94. The van der Waals surface area contributed by atoms with Gasteiger partial charge in [0.15, 0.2) is 0 Å². The molecule has 252 valence electrons. The van der Waals surface area contributed by atoms with Crippen molar-refractivity contribution in [2.24, 2.45) is 5.92 Å². The number of amides is 1. The lowest BCUT2D eigenvalue weighted by Crippen LogP contribution is -2.24. The van der Waals surface area contributed by atoms with Crippen molar-refractivity contribution in [2.75, 3.05) is 12.4 Å². The van der Waals surface area contributed by atoms with E-state index in [0.717, 1.165) is 16.0 Å². The fourth-order valence-electron chi connectivity index (χ4n) is 5.29. The quantitative estimate of drug-likeness (QED) is 0.141. The normalized spacial score (nSPS) is 11.3. The largest absolute Gasteiger partial charge is 0.459 e. The molecule has 48 heavy (non-hydrogen) atoms. The number of carbonyl (C=O) groups excluding carboxylic acids is 2. The van der Waals surface area contributed by atoms with E-state index in [1.807, 2.05) is 63.4 Å². The van der Waals surface area contributed by atoms with Gasteiger partial charge < -0.3 is 14.6 Å². The Hall–Kier alpha value is -4.38. The molecule has 3 aromatic carbocycles. The Kier molecular flexibility index (Phi) is 11.9. The highest BCUT2D eigenvalue weighted by molar-refractivity contribution is 7.22. The number of rotatable bonds is 11. The van der Waals surface area contributed by atoms with E-state index in [4.69, 9.17) is 4.74 Å². The Morgan fingerprint density at radius 2 is 1.54 bits per heavy atom. The highest BCUT2D eigenvalue weighted by atomic mass is 35.5. The minimum atomic E-state index is -0.809. The first-order valence-electron chi connectivity index (χ1n) is 15.4. The molecule has 11 heteroatoms. The molecule has 0 radical (unpaired) electrons. The van der Waals surface area contributed by atoms with Gasteiger partial charge in [0.05, 0.1) is 18.0 Å². The molecule has 5 aromatic rings. The zero-order chi connectivity index (χ0) is 33.8. The van der Waals surface area contributed by atoms with Gasteiger partial charge in [-0.3, -0.25) is 14.5 Å². The average Bonchev–Trinajstić information content (AvgIpc) is 3.40. The molecule has 1 amide bonds. The van der Waals surface area contributed by atoms with E-state index in [9.17, 15) is 23.2 Å². The number of nitrogens with zero attached hydrogens (tertiary/aromatic N) is 2. The topological polar surface area (TPSA) is 80.6 Å². The summed E-state index contributed by atoms with van der Waals surface area (Å²) in [5, 5.41) is 3.18. The molecule has 0 bridgehead atoms. The maximum atomic E-state index is 14.9. The second-order valence-corrected chi connectivity index (χ2v) is 13.1. The second kappa shape index (κ2) is 15.7. The number of hydrogen-bond donors (Lipinski definition) is 1. The van der Waals surface area contributed by atoms with E-state index in [-0.39, 0.29) is 47.3 Å². The van der Waals surface area contributed by atoms with Crippen LogP contribution in [0, 0.1) is 17.6 Å². The number of benzene rings is 3. The number of ether oxygens (including phenoxy) is 1. The summed E-state index contributed by atoms with van der Waals surface area (Å²) >= 11 is 1.31. The summed E-state index contributed by atoms with van der Waals surface area (Å²) < 4.78 is 36.8. The molecule has 0 aliphatic heterocycles. The van der Waals surface area contributed by atoms with Gasteiger partial charge in [-0.1, -0.05) is 62.4 Å². The number of thiophene rings is 1. The van der Waals surface area contributed by atoms with Crippen LogP contribution in [0.5, 0.6) is 0 Å². The number of esters is 1. The van der Waals surface area contributed by atoms with Crippen molar-refractivity contribution in [1.82, 2.24) is 9.47 Å². The SMILES string of the molecule is CC(C)OC(=O)c1cn(Cc2c(F)cccc2F)c2sc(-c3ccc(NC(=O)C(C)C)cc3)c(CN(C)Cc3ccccc3)c2c1=O.Cl. The van der Waals surface area contributed by atoms with Crippen LogP contribution >= 0.6 is 23.7 Å². The van der Waals surface area contributed by atoms with Crippen LogP contribution in [0.1, 0.15) is 54.7 Å². The Balaban J connectivity index is 0.00000520. The minimum absolute atomic E-state index is 0. The van der Waals surface area contributed by atoms with Crippen molar-refractivity contribution >= 4 is 51.5 Å². The van der Waals surface area contributed by atoms with E-state index >= 15 is 0 Å². The zero-order valence-electron chi connectivity index (χ0n) is 27.4. The first kappa shape index (κ1) is 36.5. The number of halogens is 3. The maximum absolute atomic E-state index is 14.9. The summed E-state index contributed by atoms with van der Waals surface area (Å²) in [6.45, 7) is 7.66. The predicted molar refractivity (Wildman–Crippen MR) is 190 cm³/mol. The standard InChI is InChI=1S/C37H37F2N3O4S.ClH/c1-22(2)35(44)40-26-16-14-25(15-17-26)34-28(19-41(5)18-24-10-7-6-8-11-24)32-33(43)29(37(45)46-23(3)4)21-42(36(32)47-34)20-27-30(38)12-9-13-31(27)39;/h6-17,21-23H,18-20H2,1-5H3,(H,40,44);1H. The van der Waals surface area contributed by atoms with Gasteiger partial charge in [-0.25, -0.2) is 13.6 Å². The third kappa shape index (κ3) is 8.18. The van der Waals surface area contributed by atoms with E-state index in [1.165, 1.54) is 35.7 Å². The lowest BCUT2D eigenvalue weighted by atomic mass is 10.0.